The van der Waals surface area contributed by atoms with Gasteiger partial charge in [0.2, 0.25) is 0 Å². The topological polar surface area (TPSA) is 38.3 Å². The van der Waals surface area contributed by atoms with Crippen LogP contribution >= 0.6 is 0 Å². The second-order valence-corrected chi connectivity index (χ2v) is 6.21. The Labute approximate surface area is 162 Å². The van der Waals surface area contributed by atoms with Gasteiger partial charge in [0.1, 0.15) is 28.7 Å². The van der Waals surface area contributed by atoms with Crippen LogP contribution in [-0.2, 0) is 6.18 Å². The standard InChI is InChI=1S/C21H14F5NO2/c1-12-9-13(21(24,25)26)11-16(10-12)29-15-7-5-14(6-8-15)27-20(28)19-17(22)3-2-4-18(19)23/h2-11H,1H3,(H,27,28). The van der Waals surface area contributed by atoms with Crippen molar-refractivity contribution in [1.82, 2.24) is 0 Å². The van der Waals surface area contributed by atoms with Crippen LogP contribution < -0.4 is 10.1 Å². The lowest BCUT2D eigenvalue weighted by Gasteiger charge is -2.12. The van der Waals surface area contributed by atoms with Crippen LogP contribution in [-0.4, -0.2) is 5.91 Å². The number of nitrogens with one attached hydrogen (secondary N) is 1. The van der Waals surface area contributed by atoms with Gasteiger partial charge >= 0.3 is 6.18 Å². The number of anilines is 1. The van der Waals surface area contributed by atoms with Crippen molar-refractivity contribution in [2.45, 2.75) is 13.1 Å². The zero-order valence-corrected chi connectivity index (χ0v) is 15.0. The van der Waals surface area contributed by atoms with E-state index in [1.165, 1.54) is 37.3 Å². The Morgan fingerprint density at radius 1 is 0.897 bits per heavy atom. The van der Waals surface area contributed by atoms with Crippen molar-refractivity contribution in [1.29, 1.82) is 0 Å². The third kappa shape index (κ3) is 4.90. The molecule has 0 aliphatic heterocycles. The summed E-state index contributed by atoms with van der Waals surface area (Å²) in [5, 5.41) is 2.35. The molecule has 29 heavy (non-hydrogen) atoms. The summed E-state index contributed by atoms with van der Waals surface area (Å²) in [4.78, 5) is 12.1. The zero-order chi connectivity index (χ0) is 21.2. The first-order valence-electron chi connectivity index (χ1n) is 8.35. The average Bonchev–Trinajstić information content (AvgIpc) is 2.62. The van der Waals surface area contributed by atoms with Gasteiger partial charge < -0.3 is 10.1 Å². The monoisotopic (exact) mass is 407 g/mol. The van der Waals surface area contributed by atoms with E-state index in [-0.39, 0.29) is 17.2 Å². The maximum absolute atomic E-state index is 13.7. The molecule has 0 saturated heterocycles. The van der Waals surface area contributed by atoms with Crippen molar-refractivity contribution >= 4 is 11.6 Å². The Morgan fingerprint density at radius 2 is 1.52 bits per heavy atom. The molecule has 0 radical (unpaired) electrons. The number of aryl methyl sites for hydroxylation is 1. The van der Waals surface area contributed by atoms with E-state index in [1.54, 1.807) is 0 Å². The first kappa shape index (κ1) is 20.3. The highest BCUT2D eigenvalue weighted by molar-refractivity contribution is 6.04. The van der Waals surface area contributed by atoms with Crippen LogP contribution in [0.15, 0.2) is 60.7 Å². The first-order chi connectivity index (χ1) is 13.6. The quantitative estimate of drug-likeness (QED) is 0.513. The van der Waals surface area contributed by atoms with Crippen LogP contribution in [0.25, 0.3) is 0 Å². The SMILES string of the molecule is Cc1cc(Oc2ccc(NC(=O)c3c(F)cccc3F)cc2)cc(C(F)(F)F)c1. The van der Waals surface area contributed by atoms with Crippen molar-refractivity contribution in [3.8, 4) is 11.5 Å². The number of carbonyl (C=O) groups is 1. The van der Waals surface area contributed by atoms with Gasteiger partial charge in [-0.05, 0) is 67.1 Å². The highest BCUT2D eigenvalue weighted by atomic mass is 19.4. The summed E-state index contributed by atoms with van der Waals surface area (Å²) >= 11 is 0. The van der Waals surface area contributed by atoms with Gasteiger partial charge in [0.25, 0.3) is 5.91 Å². The van der Waals surface area contributed by atoms with Crippen LogP contribution in [0.3, 0.4) is 0 Å². The molecule has 0 unspecified atom stereocenters. The molecular formula is C21H14F5NO2. The number of halogens is 5. The molecule has 0 aliphatic carbocycles. The van der Waals surface area contributed by atoms with Crippen LogP contribution in [0.5, 0.6) is 11.5 Å². The molecule has 0 spiro atoms. The molecule has 1 N–H and O–H groups in total. The minimum absolute atomic E-state index is 0.00235. The second-order valence-electron chi connectivity index (χ2n) is 6.21. The minimum atomic E-state index is -4.50. The van der Waals surface area contributed by atoms with E-state index in [0.717, 1.165) is 30.3 Å². The number of rotatable bonds is 4. The number of ether oxygens (including phenoxy) is 1. The van der Waals surface area contributed by atoms with E-state index in [2.05, 4.69) is 5.32 Å². The van der Waals surface area contributed by atoms with Gasteiger partial charge in [-0.25, -0.2) is 8.78 Å². The molecule has 3 aromatic rings. The van der Waals surface area contributed by atoms with E-state index in [0.29, 0.717) is 5.56 Å². The molecule has 0 aromatic heterocycles. The van der Waals surface area contributed by atoms with Gasteiger partial charge in [0.05, 0.1) is 5.56 Å². The normalized spacial score (nSPS) is 11.2. The average molecular weight is 407 g/mol. The van der Waals surface area contributed by atoms with Gasteiger partial charge in [-0.1, -0.05) is 6.07 Å². The molecule has 0 heterocycles. The number of alkyl halides is 3. The molecule has 0 saturated carbocycles. The number of benzene rings is 3. The number of carbonyl (C=O) groups excluding carboxylic acids is 1. The molecular weight excluding hydrogens is 393 g/mol. The van der Waals surface area contributed by atoms with E-state index < -0.39 is 34.8 Å². The van der Waals surface area contributed by atoms with E-state index in [1.807, 2.05) is 0 Å². The molecule has 3 aromatic carbocycles. The smallest absolute Gasteiger partial charge is 0.416 e. The van der Waals surface area contributed by atoms with Gasteiger partial charge in [-0.15, -0.1) is 0 Å². The molecule has 0 atom stereocenters. The maximum atomic E-state index is 13.7. The highest BCUT2D eigenvalue weighted by Crippen LogP contribution is 2.34. The summed E-state index contributed by atoms with van der Waals surface area (Å²) in [5.41, 5.74) is -0.939. The molecule has 3 rings (SSSR count). The number of hydrogen-bond acceptors (Lipinski definition) is 2. The van der Waals surface area contributed by atoms with Gasteiger partial charge in [-0.2, -0.15) is 13.2 Å². The Hall–Kier alpha value is -3.42. The number of amides is 1. The summed E-state index contributed by atoms with van der Waals surface area (Å²) in [5.74, 6) is -2.74. The number of hydrogen-bond donors (Lipinski definition) is 1. The lowest BCUT2D eigenvalue weighted by atomic mass is 10.1. The predicted octanol–water partition coefficient (Wildman–Crippen LogP) is 6.34. The largest absolute Gasteiger partial charge is 0.457 e. The summed E-state index contributed by atoms with van der Waals surface area (Å²) in [6.07, 6.45) is -4.50. The van der Waals surface area contributed by atoms with Gasteiger partial charge in [0, 0.05) is 5.69 Å². The lowest BCUT2D eigenvalue weighted by Crippen LogP contribution is -2.15. The molecule has 0 bridgehead atoms. The van der Waals surface area contributed by atoms with Gasteiger partial charge in [-0.3, -0.25) is 4.79 Å². The Balaban J connectivity index is 1.74. The van der Waals surface area contributed by atoms with E-state index in [9.17, 15) is 26.7 Å². The maximum Gasteiger partial charge on any atom is 0.416 e. The third-order valence-corrected chi connectivity index (χ3v) is 3.92. The fourth-order valence-corrected chi connectivity index (χ4v) is 2.62. The Morgan fingerprint density at radius 3 is 2.10 bits per heavy atom. The molecule has 0 fully saturated rings. The van der Waals surface area contributed by atoms with Crippen molar-refractivity contribution in [3.05, 3.63) is 89.0 Å². The second kappa shape index (κ2) is 7.90. The van der Waals surface area contributed by atoms with Crippen molar-refractivity contribution < 1.29 is 31.5 Å². The van der Waals surface area contributed by atoms with Crippen molar-refractivity contribution in [2.24, 2.45) is 0 Å². The highest BCUT2D eigenvalue weighted by Gasteiger charge is 2.31. The van der Waals surface area contributed by atoms with Crippen molar-refractivity contribution in [3.63, 3.8) is 0 Å². The molecule has 3 nitrogen and oxygen atoms in total. The van der Waals surface area contributed by atoms with Crippen LogP contribution in [0.4, 0.5) is 27.6 Å². The zero-order valence-electron chi connectivity index (χ0n) is 15.0. The summed E-state index contributed by atoms with van der Waals surface area (Å²) < 4.78 is 71.5. The summed E-state index contributed by atoms with van der Waals surface area (Å²) in [6.45, 7) is 1.52. The predicted molar refractivity (Wildman–Crippen MR) is 97.0 cm³/mol. The van der Waals surface area contributed by atoms with Crippen LogP contribution in [0.2, 0.25) is 0 Å². The lowest BCUT2D eigenvalue weighted by molar-refractivity contribution is -0.137. The Kier molecular flexibility index (Phi) is 5.54. The summed E-state index contributed by atoms with van der Waals surface area (Å²) in [6, 6.07) is 12.0. The third-order valence-electron chi connectivity index (χ3n) is 3.92. The van der Waals surface area contributed by atoms with Crippen LogP contribution in [0.1, 0.15) is 21.5 Å². The van der Waals surface area contributed by atoms with Crippen LogP contribution in [0, 0.1) is 18.6 Å². The fourth-order valence-electron chi connectivity index (χ4n) is 2.62. The van der Waals surface area contributed by atoms with Gasteiger partial charge in [0.15, 0.2) is 0 Å². The minimum Gasteiger partial charge on any atom is -0.457 e. The molecule has 8 heteroatoms. The first-order valence-corrected chi connectivity index (χ1v) is 8.35. The fraction of sp³-hybridized carbons (Fsp3) is 0.0952. The molecule has 0 aliphatic rings. The van der Waals surface area contributed by atoms with Crippen molar-refractivity contribution in [2.75, 3.05) is 5.32 Å². The molecule has 150 valence electrons. The van der Waals surface area contributed by atoms with E-state index >= 15 is 0 Å². The Bertz CT molecular complexity index is 1030. The van der Waals surface area contributed by atoms with E-state index in [4.69, 9.17) is 4.74 Å². The summed E-state index contributed by atoms with van der Waals surface area (Å²) in [7, 11) is 0. The molecule has 1 amide bonds.